The number of amides is 2. The number of ether oxygens (including phenoxy) is 1. The van der Waals surface area contributed by atoms with Gasteiger partial charge in [0.15, 0.2) is 6.61 Å². The average molecular weight is 441 g/mol. The smallest absolute Gasteiger partial charge is 0.258 e. The number of H-pyrrole nitrogens is 1. The number of nitrogens with zero attached hydrogens (tertiary/aromatic N) is 2. The summed E-state index contributed by atoms with van der Waals surface area (Å²) in [4.78, 5) is 33.9. The Bertz CT molecular complexity index is 1270. The first kappa shape index (κ1) is 20.8. The summed E-state index contributed by atoms with van der Waals surface area (Å²) in [5.74, 6) is 0.492. The zero-order chi connectivity index (χ0) is 22.6. The molecule has 0 aliphatic carbocycles. The van der Waals surface area contributed by atoms with Crippen molar-refractivity contribution < 1.29 is 14.3 Å². The van der Waals surface area contributed by atoms with Gasteiger partial charge in [0.1, 0.15) is 5.75 Å². The van der Waals surface area contributed by atoms with Crippen LogP contribution >= 0.6 is 0 Å². The van der Waals surface area contributed by atoms with Gasteiger partial charge in [-0.2, -0.15) is 0 Å². The first-order valence-corrected chi connectivity index (χ1v) is 11.0. The quantitative estimate of drug-likeness (QED) is 0.455. The number of aromatic amines is 1. The van der Waals surface area contributed by atoms with E-state index in [4.69, 9.17) is 4.74 Å². The number of hydrogen-bond donors (Lipinski definition) is 2. The molecule has 7 nitrogen and oxygen atoms in total. The summed E-state index contributed by atoms with van der Waals surface area (Å²) in [5, 5.41) is 3.09. The van der Waals surface area contributed by atoms with Gasteiger partial charge in [-0.05, 0) is 53.9 Å². The summed E-state index contributed by atoms with van der Waals surface area (Å²) < 4.78 is 5.71. The van der Waals surface area contributed by atoms with Gasteiger partial charge in [-0.25, -0.2) is 4.98 Å². The third-order valence-corrected chi connectivity index (χ3v) is 5.81. The highest BCUT2D eigenvalue weighted by Gasteiger charge is 2.22. The molecule has 1 atom stereocenters. The predicted molar refractivity (Wildman–Crippen MR) is 126 cm³/mol. The molecule has 1 fully saturated rings. The molecule has 166 valence electrons. The second kappa shape index (κ2) is 9.16. The fourth-order valence-corrected chi connectivity index (χ4v) is 4.13. The third kappa shape index (κ3) is 4.57. The molecule has 2 N–H and O–H groups in total. The summed E-state index contributed by atoms with van der Waals surface area (Å²) in [5.41, 5.74) is 4.57. The first-order chi connectivity index (χ1) is 16.2. The first-order valence-electron chi connectivity index (χ1n) is 11.0. The number of nitrogens with one attached hydrogen (secondary N) is 2. The molecule has 0 saturated carbocycles. The minimum atomic E-state index is -0.321. The molecule has 1 saturated heterocycles. The van der Waals surface area contributed by atoms with Crippen molar-refractivity contribution in [2.75, 3.05) is 18.1 Å². The van der Waals surface area contributed by atoms with Crippen LogP contribution < -0.4 is 15.0 Å². The van der Waals surface area contributed by atoms with Crippen LogP contribution in [0.4, 0.5) is 5.69 Å². The van der Waals surface area contributed by atoms with E-state index < -0.39 is 0 Å². The van der Waals surface area contributed by atoms with Crippen LogP contribution in [0.3, 0.4) is 0 Å². The number of anilines is 1. The van der Waals surface area contributed by atoms with E-state index in [0.29, 0.717) is 12.2 Å². The predicted octanol–water partition coefficient (Wildman–Crippen LogP) is 3.97. The van der Waals surface area contributed by atoms with Gasteiger partial charge in [-0.15, -0.1) is 0 Å². The normalized spacial score (nSPS) is 14.4. The van der Waals surface area contributed by atoms with Gasteiger partial charge in [0.2, 0.25) is 5.91 Å². The molecule has 0 spiro atoms. The average Bonchev–Trinajstić information content (AvgIpc) is 3.50. The van der Waals surface area contributed by atoms with E-state index in [2.05, 4.69) is 15.3 Å². The van der Waals surface area contributed by atoms with Crippen molar-refractivity contribution in [3.05, 3.63) is 90.3 Å². The maximum Gasteiger partial charge on any atom is 0.258 e. The number of hydrogen-bond acceptors (Lipinski definition) is 4. The molecular weight excluding hydrogens is 416 g/mol. The molecule has 1 aliphatic rings. The largest absolute Gasteiger partial charge is 0.484 e. The SMILES string of the molecule is O=C(COc1ccc(N2CCCC2=O)cc1)NC(c1ccccc1)c1ccc2nc[nH]c2c1. The summed E-state index contributed by atoms with van der Waals surface area (Å²) in [7, 11) is 0. The molecule has 4 aromatic rings. The van der Waals surface area contributed by atoms with E-state index in [9.17, 15) is 9.59 Å². The standard InChI is InChI=1S/C26H24N4O3/c31-24(16-33-21-11-9-20(10-12-21)30-14-4-7-25(30)32)29-26(18-5-2-1-3-6-18)19-8-13-22-23(15-19)28-17-27-22/h1-3,5-6,8-13,15,17,26H,4,7,14,16H2,(H,27,28)(H,29,31). The van der Waals surface area contributed by atoms with E-state index in [1.165, 1.54) is 0 Å². The molecular formula is C26H24N4O3. The Morgan fingerprint density at radius 2 is 1.88 bits per heavy atom. The Morgan fingerprint density at radius 3 is 2.64 bits per heavy atom. The molecule has 7 heteroatoms. The van der Waals surface area contributed by atoms with Gasteiger partial charge in [-0.1, -0.05) is 36.4 Å². The van der Waals surface area contributed by atoms with Crippen LogP contribution in [0.5, 0.6) is 5.75 Å². The van der Waals surface area contributed by atoms with Crippen LogP contribution in [-0.2, 0) is 9.59 Å². The highest BCUT2D eigenvalue weighted by Crippen LogP contribution is 2.26. The van der Waals surface area contributed by atoms with Gasteiger partial charge < -0.3 is 19.9 Å². The molecule has 0 bridgehead atoms. The Hall–Kier alpha value is -4.13. The Labute approximate surface area is 191 Å². The highest BCUT2D eigenvalue weighted by atomic mass is 16.5. The van der Waals surface area contributed by atoms with Crippen molar-refractivity contribution in [2.45, 2.75) is 18.9 Å². The van der Waals surface area contributed by atoms with E-state index in [0.717, 1.165) is 40.8 Å². The van der Waals surface area contributed by atoms with Gasteiger partial charge in [0.25, 0.3) is 5.91 Å². The zero-order valence-corrected chi connectivity index (χ0v) is 18.0. The fraction of sp³-hybridized carbons (Fsp3) is 0.192. The van der Waals surface area contributed by atoms with E-state index in [-0.39, 0.29) is 24.5 Å². The van der Waals surface area contributed by atoms with Crippen molar-refractivity contribution >= 4 is 28.5 Å². The number of rotatable bonds is 7. The van der Waals surface area contributed by atoms with Crippen molar-refractivity contribution in [1.82, 2.24) is 15.3 Å². The summed E-state index contributed by atoms with van der Waals surface area (Å²) in [6.07, 6.45) is 3.13. The van der Waals surface area contributed by atoms with Gasteiger partial charge in [0.05, 0.1) is 23.4 Å². The lowest BCUT2D eigenvalue weighted by Gasteiger charge is -2.20. The van der Waals surface area contributed by atoms with E-state index in [1.54, 1.807) is 23.4 Å². The Balaban J connectivity index is 1.27. The van der Waals surface area contributed by atoms with E-state index in [1.807, 2.05) is 60.7 Å². The van der Waals surface area contributed by atoms with Crippen LogP contribution in [0.1, 0.15) is 30.0 Å². The van der Waals surface area contributed by atoms with Crippen LogP contribution in [-0.4, -0.2) is 34.9 Å². The molecule has 2 amide bonds. The zero-order valence-electron chi connectivity index (χ0n) is 18.0. The number of imidazole rings is 1. The van der Waals surface area contributed by atoms with Crippen molar-refractivity contribution in [3.63, 3.8) is 0 Å². The van der Waals surface area contributed by atoms with Crippen molar-refractivity contribution in [2.24, 2.45) is 0 Å². The van der Waals surface area contributed by atoms with Crippen LogP contribution in [0.2, 0.25) is 0 Å². The lowest BCUT2D eigenvalue weighted by molar-refractivity contribution is -0.123. The maximum absolute atomic E-state index is 12.8. The summed E-state index contributed by atoms with van der Waals surface area (Å²) in [6.45, 7) is 0.629. The number of aromatic nitrogens is 2. The van der Waals surface area contributed by atoms with Crippen LogP contribution in [0.15, 0.2) is 79.1 Å². The molecule has 1 aliphatic heterocycles. The molecule has 33 heavy (non-hydrogen) atoms. The molecule has 2 heterocycles. The number of carbonyl (C=O) groups is 2. The van der Waals surface area contributed by atoms with Gasteiger partial charge >= 0.3 is 0 Å². The molecule has 1 aromatic heterocycles. The fourth-order valence-electron chi connectivity index (χ4n) is 4.13. The second-order valence-corrected chi connectivity index (χ2v) is 8.02. The van der Waals surface area contributed by atoms with Crippen molar-refractivity contribution in [3.8, 4) is 5.75 Å². The summed E-state index contributed by atoms with van der Waals surface area (Å²) in [6, 6.07) is 22.7. The number of benzene rings is 3. The Morgan fingerprint density at radius 1 is 1.06 bits per heavy atom. The maximum atomic E-state index is 12.8. The molecule has 1 unspecified atom stereocenters. The topological polar surface area (TPSA) is 87.3 Å². The summed E-state index contributed by atoms with van der Waals surface area (Å²) >= 11 is 0. The monoisotopic (exact) mass is 440 g/mol. The minimum Gasteiger partial charge on any atom is -0.484 e. The van der Waals surface area contributed by atoms with Gasteiger partial charge in [0, 0.05) is 18.7 Å². The highest BCUT2D eigenvalue weighted by molar-refractivity contribution is 5.95. The molecule has 3 aromatic carbocycles. The Kier molecular flexibility index (Phi) is 5.76. The van der Waals surface area contributed by atoms with Crippen molar-refractivity contribution in [1.29, 1.82) is 0 Å². The van der Waals surface area contributed by atoms with Crippen LogP contribution in [0.25, 0.3) is 11.0 Å². The minimum absolute atomic E-state index is 0.113. The van der Waals surface area contributed by atoms with Gasteiger partial charge in [-0.3, -0.25) is 9.59 Å². The number of fused-ring (bicyclic) bond motifs is 1. The van der Waals surface area contributed by atoms with Crippen LogP contribution in [0, 0.1) is 0 Å². The lowest BCUT2D eigenvalue weighted by Crippen LogP contribution is -2.33. The molecule has 0 radical (unpaired) electrons. The number of carbonyl (C=O) groups excluding carboxylic acids is 2. The lowest BCUT2D eigenvalue weighted by atomic mass is 9.98. The second-order valence-electron chi connectivity index (χ2n) is 8.02. The molecule has 5 rings (SSSR count). The van der Waals surface area contributed by atoms with E-state index >= 15 is 0 Å². The third-order valence-electron chi connectivity index (χ3n) is 5.81.